The molecule has 0 radical (unpaired) electrons. The van der Waals surface area contributed by atoms with Crippen LogP contribution in [0.25, 0.3) is 11.6 Å². The molecule has 0 aliphatic rings. The van der Waals surface area contributed by atoms with Gasteiger partial charge in [-0.1, -0.05) is 0 Å². The van der Waals surface area contributed by atoms with Crippen LogP contribution in [0.2, 0.25) is 0 Å². The number of anilines is 1. The van der Waals surface area contributed by atoms with Gasteiger partial charge in [0.1, 0.15) is 5.82 Å². The molecule has 0 aromatic carbocycles. The first-order chi connectivity index (χ1) is 8.26. The maximum Gasteiger partial charge on any atom is 0.198 e. The summed E-state index contributed by atoms with van der Waals surface area (Å²) in [5.74, 6) is 1.99. The van der Waals surface area contributed by atoms with E-state index >= 15 is 0 Å². The van der Waals surface area contributed by atoms with E-state index < -0.39 is 0 Å². The Hall–Kier alpha value is -1.22. The number of H-pyrrole nitrogens is 1. The van der Waals surface area contributed by atoms with Gasteiger partial charge in [-0.25, -0.2) is 15.0 Å². The highest BCUT2D eigenvalue weighted by Crippen LogP contribution is 2.22. The summed E-state index contributed by atoms with van der Waals surface area (Å²) in [5, 5.41) is 3.04. The van der Waals surface area contributed by atoms with Crippen molar-refractivity contribution in [3.05, 3.63) is 21.7 Å². The molecule has 2 heterocycles. The second-order valence-corrected chi connectivity index (χ2v) is 4.36. The predicted molar refractivity (Wildman–Crippen MR) is 72.6 cm³/mol. The van der Waals surface area contributed by atoms with E-state index in [1.165, 1.54) is 0 Å². The molecule has 0 bridgehead atoms. The van der Waals surface area contributed by atoms with E-state index in [0.29, 0.717) is 18.3 Å². The van der Waals surface area contributed by atoms with Crippen LogP contribution in [0.1, 0.15) is 5.69 Å². The number of nitrogens with zero attached hydrogens (tertiary/aromatic N) is 3. The lowest BCUT2D eigenvalue weighted by Gasteiger charge is -2.09. The van der Waals surface area contributed by atoms with Gasteiger partial charge in [0.2, 0.25) is 0 Å². The normalized spacial score (nSPS) is 10.5. The van der Waals surface area contributed by atoms with E-state index in [-0.39, 0.29) is 0 Å². The fourth-order valence-electron chi connectivity index (χ4n) is 1.39. The Kier molecular flexibility index (Phi) is 3.89. The van der Waals surface area contributed by atoms with Crippen LogP contribution in [0.5, 0.6) is 0 Å². The van der Waals surface area contributed by atoms with Crippen molar-refractivity contribution in [2.24, 2.45) is 0 Å². The van der Waals surface area contributed by atoms with Crippen molar-refractivity contribution in [2.45, 2.75) is 6.61 Å². The minimum absolute atomic E-state index is 0.448. The third-order valence-electron chi connectivity index (χ3n) is 2.15. The first-order valence-corrected chi connectivity index (χ1v) is 6.07. The van der Waals surface area contributed by atoms with E-state index in [0.717, 1.165) is 15.1 Å². The SMILES string of the molecule is CNc1nc(-c2ncc[nH]2)nc(COC)c1I. The second-order valence-electron chi connectivity index (χ2n) is 3.28. The summed E-state index contributed by atoms with van der Waals surface area (Å²) in [6.45, 7) is 0.448. The topological polar surface area (TPSA) is 75.7 Å². The van der Waals surface area contributed by atoms with E-state index in [1.807, 2.05) is 7.05 Å². The molecular formula is C10H12IN5O. The van der Waals surface area contributed by atoms with Gasteiger partial charge < -0.3 is 15.0 Å². The molecule has 2 aromatic heterocycles. The van der Waals surface area contributed by atoms with Crippen LogP contribution in [0, 0.1) is 3.57 Å². The van der Waals surface area contributed by atoms with Crippen LogP contribution < -0.4 is 5.32 Å². The Morgan fingerprint density at radius 1 is 1.47 bits per heavy atom. The van der Waals surface area contributed by atoms with Crippen LogP contribution >= 0.6 is 22.6 Å². The number of ether oxygens (including phenoxy) is 1. The van der Waals surface area contributed by atoms with Gasteiger partial charge in [0.05, 0.1) is 15.9 Å². The highest BCUT2D eigenvalue weighted by Gasteiger charge is 2.13. The number of halogens is 1. The molecular weight excluding hydrogens is 333 g/mol. The van der Waals surface area contributed by atoms with Crippen molar-refractivity contribution < 1.29 is 4.74 Å². The Bertz CT molecular complexity index is 500. The third kappa shape index (κ3) is 2.55. The molecule has 2 aromatic rings. The highest BCUT2D eigenvalue weighted by molar-refractivity contribution is 14.1. The Balaban J connectivity index is 2.50. The number of aromatic nitrogens is 4. The van der Waals surface area contributed by atoms with Gasteiger partial charge >= 0.3 is 0 Å². The molecule has 0 unspecified atom stereocenters. The Morgan fingerprint density at radius 3 is 2.88 bits per heavy atom. The molecule has 2 rings (SSSR count). The van der Waals surface area contributed by atoms with Gasteiger partial charge in [-0.2, -0.15) is 0 Å². The number of nitrogens with one attached hydrogen (secondary N) is 2. The number of rotatable bonds is 4. The van der Waals surface area contributed by atoms with E-state index in [2.05, 4.69) is 47.8 Å². The zero-order chi connectivity index (χ0) is 12.3. The summed E-state index contributed by atoms with van der Waals surface area (Å²) in [6, 6.07) is 0. The fraction of sp³-hybridized carbons (Fsp3) is 0.300. The molecule has 0 fully saturated rings. The molecule has 0 aliphatic heterocycles. The average Bonchev–Trinajstić information content (AvgIpc) is 2.85. The molecule has 0 spiro atoms. The highest BCUT2D eigenvalue weighted by atomic mass is 127. The lowest BCUT2D eigenvalue weighted by molar-refractivity contribution is 0.181. The van der Waals surface area contributed by atoms with Gasteiger partial charge in [-0.15, -0.1) is 0 Å². The van der Waals surface area contributed by atoms with Crippen molar-refractivity contribution in [2.75, 3.05) is 19.5 Å². The second kappa shape index (κ2) is 5.41. The minimum atomic E-state index is 0.448. The monoisotopic (exact) mass is 345 g/mol. The van der Waals surface area contributed by atoms with Crippen LogP contribution in [-0.4, -0.2) is 34.1 Å². The maximum atomic E-state index is 5.13. The number of imidazole rings is 1. The quantitative estimate of drug-likeness (QED) is 0.825. The molecule has 6 nitrogen and oxygen atoms in total. The van der Waals surface area contributed by atoms with Gasteiger partial charge in [0.25, 0.3) is 0 Å². The predicted octanol–water partition coefficient (Wildman–Crippen LogP) is 1.66. The minimum Gasteiger partial charge on any atom is -0.378 e. The molecule has 7 heteroatoms. The van der Waals surface area contributed by atoms with Gasteiger partial charge in [0.15, 0.2) is 11.6 Å². The number of aromatic amines is 1. The lowest BCUT2D eigenvalue weighted by Crippen LogP contribution is -2.06. The maximum absolute atomic E-state index is 5.13. The summed E-state index contributed by atoms with van der Waals surface area (Å²) in [6.07, 6.45) is 3.41. The van der Waals surface area contributed by atoms with Crippen molar-refractivity contribution in [1.82, 2.24) is 19.9 Å². The van der Waals surface area contributed by atoms with Crippen LogP contribution in [0.4, 0.5) is 5.82 Å². The lowest BCUT2D eigenvalue weighted by atomic mass is 10.4. The first-order valence-electron chi connectivity index (χ1n) is 4.99. The van der Waals surface area contributed by atoms with Crippen LogP contribution in [-0.2, 0) is 11.3 Å². The molecule has 0 atom stereocenters. The summed E-state index contributed by atoms with van der Waals surface area (Å²) < 4.78 is 6.09. The van der Waals surface area contributed by atoms with E-state index in [4.69, 9.17) is 4.74 Å². The number of hydrogen-bond acceptors (Lipinski definition) is 5. The van der Waals surface area contributed by atoms with Crippen LogP contribution in [0.15, 0.2) is 12.4 Å². The summed E-state index contributed by atoms with van der Waals surface area (Å²) in [7, 11) is 3.47. The summed E-state index contributed by atoms with van der Waals surface area (Å²) >= 11 is 2.20. The van der Waals surface area contributed by atoms with Crippen molar-refractivity contribution in [3.63, 3.8) is 0 Å². The van der Waals surface area contributed by atoms with Crippen molar-refractivity contribution in [3.8, 4) is 11.6 Å². The standard InChI is InChI=1S/C10H12IN5O/c1-12-8-7(11)6(5-17-2)15-10(16-8)9-13-3-4-14-9/h3-4H,5H2,1-2H3,(H,13,14)(H,12,15,16). The van der Waals surface area contributed by atoms with Crippen molar-refractivity contribution in [1.29, 1.82) is 0 Å². The Labute approximate surface area is 112 Å². The van der Waals surface area contributed by atoms with E-state index in [9.17, 15) is 0 Å². The van der Waals surface area contributed by atoms with Crippen molar-refractivity contribution >= 4 is 28.4 Å². The van der Waals surface area contributed by atoms with Gasteiger partial charge in [-0.3, -0.25) is 0 Å². The molecule has 0 saturated carbocycles. The smallest absolute Gasteiger partial charge is 0.198 e. The molecule has 0 amide bonds. The molecule has 0 aliphatic carbocycles. The molecule has 90 valence electrons. The summed E-state index contributed by atoms with van der Waals surface area (Å²) in [5.41, 5.74) is 0.846. The van der Waals surface area contributed by atoms with Crippen LogP contribution in [0.3, 0.4) is 0 Å². The summed E-state index contributed by atoms with van der Waals surface area (Å²) in [4.78, 5) is 16.0. The van der Waals surface area contributed by atoms with Gasteiger partial charge in [-0.05, 0) is 22.6 Å². The molecule has 17 heavy (non-hydrogen) atoms. The Morgan fingerprint density at radius 2 is 2.29 bits per heavy atom. The largest absolute Gasteiger partial charge is 0.378 e. The van der Waals surface area contributed by atoms with Gasteiger partial charge in [0, 0.05) is 26.6 Å². The third-order valence-corrected chi connectivity index (χ3v) is 3.28. The number of hydrogen-bond donors (Lipinski definition) is 2. The zero-order valence-corrected chi connectivity index (χ0v) is 11.6. The zero-order valence-electron chi connectivity index (χ0n) is 9.49. The molecule has 2 N–H and O–H groups in total. The number of methoxy groups -OCH3 is 1. The first kappa shape index (κ1) is 12.2. The molecule has 0 saturated heterocycles. The average molecular weight is 345 g/mol. The fourth-order valence-corrected chi connectivity index (χ4v) is 2.05. The van der Waals surface area contributed by atoms with E-state index in [1.54, 1.807) is 19.5 Å².